The molecule has 1 atom stereocenters. The number of nitrogens with one attached hydrogen (secondary N) is 1. The van der Waals surface area contributed by atoms with E-state index < -0.39 is 0 Å². The van der Waals surface area contributed by atoms with E-state index >= 15 is 0 Å². The monoisotopic (exact) mass is 390 g/mol. The molecule has 0 spiro atoms. The van der Waals surface area contributed by atoms with Crippen LogP contribution in [0.3, 0.4) is 0 Å². The van der Waals surface area contributed by atoms with Crippen molar-refractivity contribution in [3.8, 4) is 0 Å². The smallest absolute Gasteiger partial charge is 0.241 e. The Kier molecular flexibility index (Phi) is 5.97. The minimum Gasteiger partial charge on any atom is -0.346 e. The molecule has 4 rings (SSSR count). The Labute approximate surface area is 172 Å². The molecular formula is C24H30N4O. The van der Waals surface area contributed by atoms with Crippen LogP contribution in [0.2, 0.25) is 0 Å². The first kappa shape index (κ1) is 19.7. The molecule has 5 heteroatoms. The van der Waals surface area contributed by atoms with Crippen LogP contribution in [0.15, 0.2) is 60.8 Å². The first-order valence-electron chi connectivity index (χ1n) is 10.4. The minimum atomic E-state index is -0.0596. The van der Waals surface area contributed by atoms with Crippen LogP contribution in [0, 0.1) is 0 Å². The predicted molar refractivity (Wildman–Crippen MR) is 119 cm³/mol. The maximum Gasteiger partial charge on any atom is 0.241 e. The van der Waals surface area contributed by atoms with Gasteiger partial charge in [0, 0.05) is 42.4 Å². The highest BCUT2D eigenvalue weighted by Crippen LogP contribution is 2.24. The summed E-state index contributed by atoms with van der Waals surface area (Å²) < 4.78 is 2.26. The zero-order valence-corrected chi connectivity index (χ0v) is 17.3. The Morgan fingerprint density at radius 2 is 1.97 bits per heavy atom. The van der Waals surface area contributed by atoms with Crippen molar-refractivity contribution in [1.29, 1.82) is 0 Å². The van der Waals surface area contributed by atoms with E-state index in [0.717, 1.165) is 50.1 Å². The summed E-state index contributed by atoms with van der Waals surface area (Å²) >= 11 is 0. The number of carbonyl (C=O) groups excluding carboxylic acids is 1. The molecule has 1 amide bonds. The van der Waals surface area contributed by atoms with Crippen molar-refractivity contribution >= 4 is 22.5 Å². The molecule has 2 heterocycles. The molecule has 0 aliphatic carbocycles. The Morgan fingerprint density at radius 1 is 1.14 bits per heavy atom. The van der Waals surface area contributed by atoms with E-state index in [1.807, 2.05) is 12.1 Å². The molecule has 2 aromatic carbocycles. The lowest BCUT2D eigenvalue weighted by Gasteiger charge is -2.23. The lowest BCUT2D eigenvalue weighted by atomic mass is 10.1. The number of rotatable bonds is 7. The molecule has 1 aromatic heterocycles. The third kappa shape index (κ3) is 4.69. The average Bonchev–Trinajstić information content (AvgIpc) is 3.33. The topological polar surface area (TPSA) is 40.5 Å². The van der Waals surface area contributed by atoms with Crippen molar-refractivity contribution in [1.82, 2.24) is 14.4 Å². The lowest BCUT2D eigenvalue weighted by molar-refractivity contribution is -0.120. The first-order chi connectivity index (χ1) is 14.1. The number of anilines is 1. The van der Waals surface area contributed by atoms with Gasteiger partial charge in [-0.1, -0.05) is 30.3 Å². The van der Waals surface area contributed by atoms with Gasteiger partial charge < -0.3 is 14.8 Å². The summed E-state index contributed by atoms with van der Waals surface area (Å²) in [5.41, 5.74) is 3.34. The molecule has 152 valence electrons. The number of benzene rings is 2. The fourth-order valence-corrected chi connectivity index (χ4v) is 4.14. The van der Waals surface area contributed by atoms with Gasteiger partial charge in [-0.15, -0.1) is 0 Å². The van der Waals surface area contributed by atoms with Crippen molar-refractivity contribution in [2.45, 2.75) is 32.0 Å². The molecular weight excluding hydrogens is 360 g/mol. The van der Waals surface area contributed by atoms with Crippen LogP contribution in [0.1, 0.15) is 18.4 Å². The number of fused-ring (bicyclic) bond motifs is 1. The van der Waals surface area contributed by atoms with Crippen LogP contribution < -0.4 is 5.32 Å². The molecule has 3 aromatic rings. The van der Waals surface area contributed by atoms with Crippen LogP contribution in [0.5, 0.6) is 0 Å². The summed E-state index contributed by atoms with van der Waals surface area (Å²) in [6, 6.07) is 18.7. The molecule has 1 aliphatic heterocycles. The van der Waals surface area contributed by atoms with Crippen LogP contribution in [0.25, 0.3) is 10.9 Å². The quantitative estimate of drug-likeness (QED) is 0.667. The molecule has 1 saturated heterocycles. The van der Waals surface area contributed by atoms with Gasteiger partial charge >= 0.3 is 0 Å². The van der Waals surface area contributed by atoms with Gasteiger partial charge in [-0.2, -0.15) is 0 Å². The third-order valence-electron chi connectivity index (χ3n) is 5.72. The maximum absolute atomic E-state index is 13.0. The summed E-state index contributed by atoms with van der Waals surface area (Å²) in [7, 11) is 4.17. The Balaban J connectivity index is 1.42. The van der Waals surface area contributed by atoms with E-state index in [4.69, 9.17) is 0 Å². The number of carbonyl (C=O) groups is 1. The second-order valence-corrected chi connectivity index (χ2v) is 8.19. The maximum atomic E-state index is 13.0. The molecule has 1 N–H and O–H groups in total. The number of likely N-dealkylation sites (N-methyl/N-ethyl adjacent to an activating group) is 1. The highest BCUT2D eigenvalue weighted by molar-refractivity contribution is 5.97. The molecule has 1 unspecified atom stereocenters. The summed E-state index contributed by atoms with van der Waals surface area (Å²) in [6.07, 6.45) is 4.11. The molecule has 0 saturated carbocycles. The largest absolute Gasteiger partial charge is 0.346 e. The zero-order chi connectivity index (χ0) is 20.2. The van der Waals surface area contributed by atoms with Crippen LogP contribution >= 0.6 is 0 Å². The van der Waals surface area contributed by atoms with Gasteiger partial charge in [0.2, 0.25) is 5.91 Å². The van der Waals surface area contributed by atoms with Gasteiger partial charge in [0.25, 0.3) is 0 Å². The highest BCUT2D eigenvalue weighted by atomic mass is 16.2. The van der Waals surface area contributed by atoms with Crippen LogP contribution in [-0.2, 0) is 17.9 Å². The molecule has 29 heavy (non-hydrogen) atoms. The van der Waals surface area contributed by atoms with Crippen LogP contribution in [-0.4, -0.2) is 53.5 Å². The number of nitrogens with zero attached hydrogens (tertiary/aromatic N) is 3. The van der Waals surface area contributed by atoms with E-state index in [-0.39, 0.29) is 11.9 Å². The van der Waals surface area contributed by atoms with E-state index in [2.05, 4.69) is 82.4 Å². The van der Waals surface area contributed by atoms with Crippen molar-refractivity contribution < 1.29 is 4.79 Å². The molecule has 0 bridgehead atoms. The summed E-state index contributed by atoms with van der Waals surface area (Å²) in [4.78, 5) is 17.4. The van der Waals surface area contributed by atoms with E-state index in [0.29, 0.717) is 0 Å². The fraction of sp³-hybridized carbons (Fsp3) is 0.375. The Morgan fingerprint density at radius 3 is 2.76 bits per heavy atom. The van der Waals surface area contributed by atoms with Gasteiger partial charge in [0.15, 0.2) is 0 Å². The summed E-state index contributed by atoms with van der Waals surface area (Å²) in [5, 5.41) is 4.31. The van der Waals surface area contributed by atoms with Gasteiger partial charge in [0.1, 0.15) is 0 Å². The second kappa shape index (κ2) is 8.80. The second-order valence-electron chi connectivity index (χ2n) is 8.19. The zero-order valence-electron chi connectivity index (χ0n) is 17.3. The van der Waals surface area contributed by atoms with Crippen molar-refractivity contribution in [2.24, 2.45) is 0 Å². The molecule has 5 nitrogen and oxygen atoms in total. The van der Waals surface area contributed by atoms with Gasteiger partial charge in [-0.05, 0) is 63.3 Å². The first-order valence-corrected chi connectivity index (χ1v) is 10.4. The van der Waals surface area contributed by atoms with E-state index in [9.17, 15) is 4.79 Å². The standard InChI is InChI=1S/C24H30N4O/c1-26(2)15-16-27-14-12-20-17-21(10-11-22(20)27)25-24(29)23-9-6-13-28(23)18-19-7-4-3-5-8-19/h3-5,7-8,10-12,14,17,23H,6,9,13,15-16,18H2,1-2H3,(H,25,29). The van der Waals surface area contributed by atoms with Gasteiger partial charge in [0.05, 0.1) is 6.04 Å². The van der Waals surface area contributed by atoms with Crippen LogP contribution in [0.4, 0.5) is 5.69 Å². The van der Waals surface area contributed by atoms with E-state index in [1.165, 1.54) is 11.1 Å². The van der Waals surface area contributed by atoms with E-state index in [1.54, 1.807) is 0 Å². The Hall–Kier alpha value is -2.63. The number of hydrogen-bond donors (Lipinski definition) is 1. The van der Waals surface area contributed by atoms with Crippen molar-refractivity contribution in [3.63, 3.8) is 0 Å². The predicted octanol–water partition coefficient (Wildman–Crippen LogP) is 3.81. The minimum absolute atomic E-state index is 0.0596. The highest BCUT2D eigenvalue weighted by Gasteiger charge is 2.30. The number of aromatic nitrogens is 1. The van der Waals surface area contributed by atoms with Gasteiger partial charge in [-0.3, -0.25) is 9.69 Å². The van der Waals surface area contributed by atoms with Crippen molar-refractivity contribution in [3.05, 3.63) is 66.4 Å². The normalized spacial score (nSPS) is 17.3. The molecule has 0 radical (unpaired) electrons. The number of hydrogen-bond acceptors (Lipinski definition) is 3. The van der Waals surface area contributed by atoms with Gasteiger partial charge in [-0.25, -0.2) is 0 Å². The summed E-state index contributed by atoms with van der Waals surface area (Å²) in [5.74, 6) is 0.102. The molecule has 1 fully saturated rings. The average molecular weight is 391 g/mol. The summed E-state index contributed by atoms with van der Waals surface area (Å²) in [6.45, 7) is 3.76. The molecule has 1 aliphatic rings. The third-order valence-corrected chi connectivity index (χ3v) is 5.72. The fourth-order valence-electron chi connectivity index (χ4n) is 4.14. The Bertz CT molecular complexity index is 963. The van der Waals surface area contributed by atoms with Crippen molar-refractivity contribution in [2.75, 3.05) is 32.5 Å². The lowest BCUT2D eigenvalue weighted by Crippen LogP contribution is -2.39. The SMILES string of the molecule is CN(C)CCn1ccc2cc(NC(=O)C3CCCN3Cc3ccccc3)ccc21. The number of likely N-dealkylation sites (tertiary alicyclic amines) is 1. The number of amides is 1.